The predicted molar refractivity (Wildman–Crippen MR) is 114 cm³/mol. The van der Waals surface area contributed by atoms with Crippen molar-refractivity contribution in [3.05, 3.63) is 60.9 Å². The first kappa shape index (κ1) is 19.8. The summed E-state index contributed by atoms with van der Waals surface area (Å²) in [6, 6.07) is 16.0. The van der Waals surface area contributed by atoms with Crippen molar-refractivity contribution < 1.29 is 18.3 Å². The Balaban J connectivity index is 1.47. The zero-order valence-electron chi connectivity index (χ0n) is 16.1. The van der Waals surface area contributed by atoms with E-state index in [1.807, 2.05) is 47.4 Å². The average Bonchev–Trinajstić information content (AvgIpc) is 2.74. The Morgan fingerprint density at radius 3 is 2.55 bits per heavy atom. The van der Waals surface area contributed by atoms with Gasteiger partial charge in [-0.3, -0.25) is 9.88 Å². The molecule has 0 bridgehead atoms. The van der Waals surface area contributed by atoms with Gasteiger partial charge >= 0.3 is 0 Å². The first-order valence-corrected chi connectivity index (χ1v) is 11.5. The van der Waals surface area contributed by atoms with Gasteiger partial charge in [-0.25, -0.2) is 8.42 Å². The second-order valence-electron chi connectivity index (χ2n) is 7.35. The van der Waals surface area contributed by atoms with Crippen LogP contribution in [0.25, 0.3) is 21.9 Å². The van der Waals surface area contributed by atoms with E-state index in [2.05, 4.69) is 11.1 Å². The fourth-order valence-corrected chi connectivity index (χ4v) is 4.89. The van der Waals surface area contributed by atoms with Crippen LogP contribution in [-0.2, 0) is 9.84 Å². The second kappa shape index (κ2) is 8.49. The van der Waals surface area contributed by atoms with Crippen LogP contribution in [-0.4, -0.2) is 67.3 Å². The Morgan fingerprint density at radius 2 is 1.79 bits per heavy atom. The lowest BCUT2D eigenvalue weighted by atomic mass is 9.98. The van der Waals surface area contributed by atoms with Crippen LogP contribution in [0, 0.1) is 0 Å². The number of aromatic nitrogens is 1. The molecule has 1 saturated heterocycles. The highest BCUT2D eigenvalue weighted by molar-refractivity contribution is 7.91. The summed E-state index contributed by atoms with van der Waals surface area (Å²) in [6.45, 7) is 1.47. The van der Waals surface area contributed by atoms with E-state index >= 15 is 0 Å². The molecule has 1 aliphatic rings. The number of nitrogens with zero attached hydrogens (tertiary/aromatic N) is 2. The minimum absolute atomic E-state index is 0.150. The number of aliphatic hydroxyl groups excluding tert-OH is 1. The van der Waals surface area contributed by atoms with Crippen molar-refractivity contribution in [2.45, 2.75) is 6.10 Å². The highest BCUT2D eigenvalue weighted by Gasteiger charge is 2.23. The molecule has 0 radical (unpaired) electrons. The third-order valence-electron chi connectivity index (χ3n) is 5.18. The summed E-state index contributed by atoms with van der Waals surface area (Å²) in [6.07, 6.45) is 2.84. The average molecular weight is 413 g/mol. The minimum atomic E-state index is -2.92. The van der Waals surface area contributed by atoms with Gasteiger partial charge in [0.05, 0.1) is 11.5 Å². The number of hydrogen-bond acceptors (Lipinski definition) is 6. The van der Waals surface area contributed by atoms with Crippen LogP contribution >= 0.6 is 0 Å². The lowest BCUT2D eigenvalue weighted by Gasteiger charge is -2.28. The number of aliphatic hydroxyl groups is 1. The molecular formula is C22H24N2O4S. The van der Waals surface area contributed by atoms with Gasteiger partial charge in [-0.15, -0.1) is 0 Å². The topological polar surface area (TPSA) is 79.7 Å². The maximum atomic E-state index is 11.5. The Hall–Kier alpha value is -2.48. The first-order valence-electron chi connectivity index (χ1n) is 9.67. The van der Waals surface area contributed by atoms with Gasteiger partial charge in [-0.05, 0) is 46.2 Å². The monoisotopic (exact) mass is 412 g/mol. The maximum absolute atomic E-state index is 11.5. The molecule has 152 valence electrons. The lowest BCUT2D eigenvalue weighted by molar-refractivity contribution is 0.0711. The van der Waals surface area contributed by atoms with E-state index in [-0.39, 0.29) is 18.1 Å². The molecule has 3 aromatic rings. The largest absolute Gasteiger partial charge is 0.491 e. The Morgan fingerprint density at radius 1 is 1.07 bits per heavy atom. The lowest BCUT2D eigenvalue weighted by Crippen LogP contribution is -2.44. The summed E-state index contributed by atoms with van der Waals surface area (Å²) < 4.78 is 29.0. The van der Waals surface area contributed by atoms with Crippen molar-refractivity contribution in [3.63, 3.8) is 0 Å². The SMILES string of the molecule is O=S1(=O)CCN(CC(O)COc2cc(-c3ccncc3)c3ccccc3c2)CC1. The van der Waals surface area contributed by atoms with Crippen molar-refractivity contribution in [1.29, 1.82) is 0 Å². The number of hydrogen-bond donors (Lipinski definition) is 1. The molecule has 2 heterocycles. The quantitative estimate of drug-likeness (QED) is 0.670. The molecule has 6 nitrogen and oxygen atoms in total. The van der Waals surface area contributed by atoms with E-state index in [0.29, 0.717) is 25.4 Å². The summed E-state index contributed by atoms with van der Waals surface area (Å²) in [4.78, 5) is 6.06. The van der Waals surface area contributed by atoms with Gasteiger partial charge in [-0.1, -0.05) is 24.3 Å². The zero-order valence-corrected chi connectivity index (χ0v) is 16.9. The van der Waals surface area contributed by atoms with Gasteiger partial charge in [0.1, 0.15) is 18.5 Å². The third kappa shape index (κ3) is 4.93. The number of pyridine rings is 1. The van der Waals surface area contributed by atoms with Crippen LogP contribution < -0.4 is 4.74 Å². The van der Waals surface area contributed by atoms with Crippen molar-refractivity contribution in [3.8, 4) is 16.9 Å². The molecule has 29 heavy (non-hydrogen) atoms. The summed E-state index contributed by atoms with van der Waals surface area (Å²) in [5.74, 6) is 0.997. The van der Waals surface area contributed by atoms with Crippen molar-refractivity contribution in [1.82, 2.24) is 9.88 Å². The number of fused-ring (bicyclic) bond motifs is 1. The van der Waals surface area contributed by atoms with Gasteiger partial charge < -0.3 is 9.84 Å². The smallest absolute Gasteiger partial charge is 0.152 e. The van der Waals surface area contributed by atoms with E-state index in [1.165, 1.54) is 0 Å². The predicted octanol–water partition coefficient (Wildman–Crippen LogP) is 2.37. The molecule has 0 saturated carbocycles. The summed E-state index contributed by atoms with van der Waals surface area (Å²) >= 11 is 0. The van der Waals surface area contributed by atoms with Gasteiger partial charge in [-0.2, -0.15) is 0 Å². The molecular weight excluding hydrogens is 388 g/mol. The van der Waals surface area contributed by atoms with Crippen LogP contribution in [0.2, 0.25) is 0 Å². The highest BCUT2D eigenvalue weighted by Crippen LogP contribution is 2.32. The summed E-state index contributed by atoms with van der Waals surface area (Å²) in [5, 5.41) is 12.6. The molecule has 1 atom stereocenters. The Labute approximate surface area is 170 Å². The number of benzene rings is 2. The standard InChI is InChI=1S/C22H24N2O4S/c25-19(15-24-9-11-29(26,27)12-10-24)16-28-20-13-18-3-1-2-4-21(18)22(14-20)17-5-7-23-8-6-17/h1-8,13-14,19,25H,9-12,15-16H2. The minimum Gasteiger partial charge on any atom is -0.491 e. The molecule has 7 heteroatoms. The second-order valence-corrected chi connectivity index (χ2v) is 9.65. The molecule has 0 spiro atoms. The molecule has 0 amide bonds. The molecule has 1 unspecified atom stereocenters. The van der Waals surface area contributed by atoms with Gasteiger partial charge in [0.2, 0.25) is 0 Å². The number of ether oxygens (including phenoxy) is 1. The van der Waals surface area contributed by atoms with Crippen molar-refractivity contribution in [2.75, 3.05) is 37.7 Å². The third-order valence-corrected chi connectivity index (χ3v) is 6.78. The molecule has 1 aliphatic heterocycles. The van der Waals surface area contributed by atoms with Crippen LogP contribution in [0.15, 0.2) is 60.9 Å². The van der Waals surface area contributed by atoms with Crippen molar-refractivity contribution >= 4 is 20.6 Å². The fraction of sp³-hybridized carbons (Fsp3) is 0.318. The zero-order chi connectivity index (χ0) is 20.3. The molecule has 0 aliphatic carbocycles. The number of rotatable bonds is 6. The van der Waals surface area contributed by atoms with E-state index in [9.17, 15) is 13.5 Å². The Bertz CT molecular complexity index is 1070. The van der Waals surface area contributed by atoms with Crippen LogP contribution in [0.4, 0.5) is 0 Å². The first-order chi connectivity index (χ1) is 14.0. The molecule has 1 N–H and O–H groups in total. The van der Waals surface area contributed by atoms with Crippen LogP contribution in [0.5, 0.6) is 5.75 Å². The molecule has 2 aromatic carbocycles. The van der Waals surface area contributed by atoms with E-state index in [0.717, 1.165) is 21.9 Å². The highest BCUT2D eigenvalue weighted by atomic mass is 32.2. The van der Waals surface area contributed by atoms with E-state index in [4.69, 9.17) is 4.74 Å². The van der Waals surface area contributed by atoms with Gasteiger partial charge in [0.15, 0.2) is 9.84 Å². The number of sulfone groups is 1. The molecule has 4 rings (SSSR count). The van der Waals surface area contributed by atoms with Gasteiger partial charge in [0, 0.05) is 32.0 Å². The summed E-state index contributed by atoms with van der Waals surface area (Å²) in [5.41, 5.74) is 2.10. The Kier molecular flexibility index (Phi) is 5.80. The fourth-order valence-electron chi connectivity index (χ4n) is 3.61. The van der Waals surface area contributed by atoms with Crippen molar-refractivity contribution in [2.24, 2.45) is 0 Å². The summed E-state index contributed by atoms with van der Waals surface area (Å²) in [7, 11) is -2.92. The number of β-amino-alcohol motifs (C(OH)–C–C–N with tert-alkyl or cyclic N) is 1. The molecule has 1 fully saturated rings. The van der Waals surface area contributed by atoms with E-state index in [1.54, 1.807) is 12.4 Å². The normalized spacial score (nSPS) is 17.8. The van der Waals surface area contributed by atoms with E-state index < -0.39 is 15.9 Å². The molecule has 1 aromatic heterocycles. The maximum Gasteiger partial charge on any atom is 0.152 e. The van der Waals surface area contributed by atoms with Crippen LogP contribution in [0.3, 0.4) is 0 Å². The van der Waals surface area contributed by atoms with Gasteiger partial charge in [0.25, 0.3) is 0 Å². The van der Waals surface area contributed by atoms with Crippen LogP contribution in [0.1, 0.15) is 0 Å².